The summed E-state index contributed by atoms with van der Waals surface area (Å²) >= 11 is 0. The summed E-state index contributed by atoms with van der Waals surface area (Å²) in [6.45, 7) is 0.318. The SMILES string of the molecule is COC(=O)CN(CC(=O)OC)[C@@H](C)CN(CC(=O)O)CC(=O)O. The molecule has 132 valence electrons. The minimum absolute atomic E-state index is 0.0343. The lowest BCUT2D eigenvalue weighted by atomic mass is 10.2. The van der Waals surface area contributed by atoms with Gasteiger partial charge in [0.15, 0.2) is 0 Å². The zero-order valence-corrected chi connectivity index (χ0v) is 13.4. The van der Waals surface area contributed by atoms with E-state index < -0.39 is 43.0 Å². The molecular formula is C13H22N2O8. The van der Waals surface area contributed by atoms with Crippen molar-refractivity contribution in [2.24, 2.45) is 0 Å². The van der Waals surface area contributed by atoms with Gasteiger partial charge in [-0.1, -0.05) is 0 Å². The van der Waals surface area contributed by atoms with Crippen LogP contribution < -0.4 is 0 Å². The Morgan fingerprint density at radius 2 is 1.26 bits per heavy atom. The van der Waals surface area contributed by atoms with Gasteiger partial charge in [0.2, 0.25) is 0 Å². The summed E-state index contributed by atoms with van der Waals surface area (Å²) in [5.74, 6) is -3.51. The summed E-state index contributed by atoms with van der Waals surface area (Å²) in [5.41, 5.74) is 0. The van der Waals surface area contributed by atoms with Gasteiger partial charge in [0, 0.05) is 12.6 Å². The molecule has 0 bridgehead atoms. The van der Waals surface area contributed by atoms with Crippen molar-refractivity contribution in [3.8, 4) is 0 Å². The van der Waals surface area contributed by atoms with E-state index in [4.69, 9.17) is 10.2 Å². The number of methoxy groups -OCH3 is 2. The maximum absolute atomic E-state index is 11.4. The molecular weight excluding hydrogens is 312 g/mol. The number of nitrogens with zero attached hydrogens (tertiary/aromatic N) is 2. The lowest BCUT2D eigenvalue weighted by Gasteiger charge is -2.30. The molecule has 0 rings (SSSR count). The molecule has 0 aromatic heterocycles. The lowest BCUT2D eigenvalue weighted by molar-refractivity contribution is -0.148. The summed E-state index contributed by atoms with van der Waals surface area (Å²) < 4.78 is 9.09. The van der Waals surface area contributed by atoms with Crippen LogP contribution in [0.5, 0.6) is 0 Å². The third-order valence-electron chi connectivity index (χ3n) is 2.98. The maximum Gasteiger partial charge on any atom is 0.319 e. The second kappa shape index (κ2) is 10.5. The second-order valence-electron chi connectivity index (χ2n) is 4.86. The number of carboxylic acid groups (broad SMARTS) is 2. The average Bonchev–Trinajstić information content (AvgIpc) is 2.44. The zero-order valence-electron chi connectivity index (χ0n) is 13.4. The van der Waals surface area contributed by atoms with Crippen molar-refractivity contribution >= 4 is 23.9 Å². The fourth-order valence-electron chi connectivity index (χ4n) is 1.89. The van der Waals surface area contributed by atoms with Gasteiger partial charge in [-0.3, -0.25) is 29.0 Å². The largest absolute Gasteiger partial charge is 0.480 e. The van der Waals surface area contributed by atoms with Gasteiger partial charge in [-0.2, -0.15) is 0 Å². The summed E-state index contributed by atoms with van der Waals surface area (Å²) in [7, 11) is 2.40. The molecule has 0 spiro atoms. The highest BCUT2D eigenvalue weighted by molar-refractivity contribution is 5.75. The Labute approximate surface area is 133 Å². The van der Waals surface area contributed by atoms with Gasteiger partial charge in [0.25, 0.3) is 0 Å². The van der Waals surface area contributed by atoms with Crippen LogP contribution in [-0.4, -0.2) is 96.9 Å². The fraction of sp³-hybridized carbons (Fsp3) is 0.692. The van der Waals surface area contributed by atoms with Crippen molar-refractivity contribution < 1.29 is 38.9 Å². The first-order valence-corrected chi connectivity index (χ1v) is 6.73. The van der Waals surface area contributed by atoms with Crippen LogP contribution >= 0.6 is 0 Å². The molecule has 0 aromatic carbocycles. The Balaban J connectivity index is 4.95. The normalized spacial score (nSPS) is 12.0. The third-order valence-corrected chi connectivity index (χ3v) is 2.98. The van der Waals surface area contributed by atoms with Gasteiger partial charge in [-0.05, 0) is 6.92 Å². The zero-order chi connectivity index (χ0) is 18.0. The van der Waals surface area contributed by atoms with Crippen LogP contribution in [-0.2, 0) is 28.7 Å². The molecule has 0 saturated heterocycles. The van der Waals surface area contributed by atoms with Crippen molar-refractivity contribution in [2.45, 2.75) is 13.0 Å². The highest BCUT2D eigenvalue weighted by atomic mass is 16.5. The summed E-state index contributed by atoms with van der Waals surface area (Å²) in [5, 5.41) is 17.6. The number of aliphatic carboxylic acids is 2. The van der Waals surface area contributed by atoms with Crippen LogP contribution in [0.3, 0.4) is 0 Å². The van der Waals surface area contributed by atoms with Crippen molar-refractivity contribution in [3.05, 3.63) is 0 Å². The molecule has 0 aromatic rings. The molecule has 0 aliphatic carbocycles. The van der Waals surface area contributed by atoms with E-state index in [1.54, 1.807) is 6.92 Å². The standard InChI is InChI=1S/C13H22N2O8/c1-9(4-14(5-10(16)17)6-11(18)19)15(7-12(20)22-2)8-13(21)23-3/h9H,4-8H2,1-3H3,(H,16,17)(H,18,19)/t9-/m0/s1. The van der Waals surface area contributed by atoms with Crippen LogP contribution in [0.1, 0.15) is 6.92 Å². The molecule has 10 heteroatoms. The summed E-state index contributed by atoms with van der Waals surface area (Å²) in [4.78, 5) is 47.0. The molecule has 0 aliphatic heterocycles. The van der Waals surface area contributed by atoms with Crippen LogP contribution in [0.15, 0.2) is 0 Å². The highest BCUT2D eigenvalue weighted by Gasteiger charge is 2.24. The Hall–Kier alpha value is -2.20. The highest BCUT2D eigenvalue weighted by Crippen LogP contribution is 2.04. The van der Waals surface area contributed by atoms with E-state index in [2.05, 4.69) is 9.47 Å². The van der Waals surface area contributed by atoms with E-state index in [-0.39, 0.29) is 19.6 Å². The predicted octanol–water partition coefficient (Wildman–Crippen LogP) is -1.51. The van der Waals surface area contributed by atoms with Crippen molar-refractivity contribution in [3.63, 3.8) is 0 Å². The number of esters is 2. The van der Waals surface area contributed by atoms with E-state index >= 15 is 0 Å². The van der Waals surface area contributed by atoms with Crippen LogP contribution in [0, 0.1) is 0 Å². The minimum atomic E-state index is -1.18. The van der Waals surface area contributed by atoms with Gasteiger partial charge in [0.05, 0.1) is 40.4 Å². The van der Waals surface area contributed by atoms with Crippen molar-refractivity contribution in [2.75, 3.05) is 46.9 Å². The van der Waals surface area contributed by atoms with Gasteiger partial charge >= 0.3 is 23.9 Å². The molecule has 0 amide bonds. The minimum Gasteiger partial charge on any atom is -0.480 e. The predicted molar refractivity (Wildman–Crippen MR) is 76.8 cm³/mol. The molecule has 0 radical (unpaired) electrons. The van der Waals surface area contributed by atoms with E-state index in [0.29, 0.717) is 0 Å². The Morgan fingerprint density at radius 1 is 0.870 bits per heavy atom. The topological polar surface area (TPSA) is 134 Å². The number of carboxylic acids is 2. The molecule has 0 fully saturated rings. The molecule has 0 saturated carbocycles. The van der Waals surface area contributed by atoms with E-state index in [0.717, 1.165) is 0 Å². The van der Waals surface area contributed by atoms with Gasteiger partial charge in [-0.15, -0.1) is 0 Å². The number of rotatable bonds is 11. The number of carbonyl (C=O) groups is 4. The number of hydrogen-bond acceptors (Lipinski definition) is 8. The fourth-order valence-corrected chi connectivity index (χ4v) is 1.89. The van der Waals surface area contributed by atoms with Crippen LogP contribution in [0.4, 0.5) is 0 Å². The molecule has 10 nitrogen and oxygen atoms in total. The quantitative estimate of drug-likeness (QED) is 0.430. The smallest absolute Gasteiger partial charge is 0.319 e. The van der Waals surface area contributed by atoms with Crippen molar-refractivity contribution in [1.29, 1.82) is 0 Å². The van der Waals surface area contributed by atoms with Crippen LogP contribution in [0.25, 0.3) is 0 Å². The molecule has 23 heavy (non-hydrogen) atoms. The van der Waals surface area contributed by atoms with Gasteiger partial charge in [-0.25, -0.2) is 0 Å². The lowest BCUT2D eigenvalue weighted by Crippen LogP contribution is -2.48. The Kier molecular flexibility index (Phi) is 9.51. The first-order chi connectivity index (χ1) is 10.7. The molecule has 0 unspecified atom stereocenters. The summed E-state index contributed by atoms with van der Waals surface area (Å²) in [6, 6.07) is -0.480. The monoisotopic (exact) mass is 334 g/mol. The van der Waals surface area contributed by atoms with Crippen molar-refractivity contribution in [1.82, 2.24) is 9.80 Å². The molecule has 0 heterocycles. The van der Waals surface area contributed by atoms with E-state index in [1.807, 2.05) is 0 Å². The molecule has 2 N–H and O–H groups in total. The third kappa shape index (κ3) is 9.42. The van der Waals surface area contributed by atoms with Gasteiger partial charge in [0.1, 0.15) is 0 Å². The van der Waals surface area contributed by atoms with Gasteiger partial charge < -0.3 is 19.7 Å². The first-order valence-electron chi connectivity index (χ1n) is 6.73. The number of hydrogen-bond donors (Lipinski definition) is 2. The number of ether oxygens (including phenoxy) is 2. The Morgan fingerprint density at radius 3 is 1.57 bits per heavy atom. The first kappa shape index (κ1) is 20.8. The van der Waals surface area contributed by atoms with E-state index in [9.17, 15) is 19.2 Å². The molecule has 1 atom stereocenters. The Bertz CT molecular complexity index is 406. The van der Waals surface area contributed by atoms with Crippen LogP contribution in [0.2, 0.25) is 0 Å². The molecule has 0 aliphatic rings. The second-order valence-corrected chi connectivity index (χ2v) is 4.86. The number of carbonyl (C=O) groups excluding carboxylic acids is 2. The maximum atomic E-state index is 11.4. The van der Waals surface area contributed by atoms with E-state index in [1.165, 1.54) is 24.0 Å². The average molecular weight is 334 g/mol. The summed E-state index contributed by atoms with van der Waals surface area (Å²) in [6.07, 6.45) is 0.